The first-order chi connectivity index (χ1) is 13.1. The molecule has 0 radical (unpaired) electrons. The fraction of sp³-hybridized carbons (Fsp3) is 0.409. The quantitative estimate of drug-likeness (QED) is 0.852. The van der Waals surface area contributed by atoms with Crippen molar-refractivity contribution in [3.05, 3.63) is 60.2 Å². The molecule has 1 fully saturated rings. The number of piperazine rings is 1. The van der Waals surface area contributed by atoms with Crippen LogP contribution in [-0.4, -0.2) is 43.6 Å². The Morgan fingerprint density at radius 1 is 1.04 bits per heavy atom. The van der Waals surface area contributed by atoms with Crippen molar-refractivity contribution in [1.29, 1.82) is 0 Å². The Morgan fingerprint density at radius 2 is 1.67 bits per heavy atom. The zero-order chi connectivity index (χ0) is 19.2. The van der Waals surface area contributed by atoms with Gasteiger partial charge in [0.05, 0.1) is 18.2 Å². The van der Waals surface area contributed by atoms with Crippen LogP contribution >= 0.6 is 0 Å². The van der Waals surface area contributed by atoms with Gasteiger partial charge in [0.15, 0.2) is 0 Å². The number of anilines is 1. The van der Waals surface area contributed by atoms with Crippen molar-refractivity contribution in [3.8, 4) is 5.75 Å². The number of benzene rings is 2. The maximum absolute atomic E-state index is 12.9. The van der Waals surface area contributed by atoms with Gasteiger partial charge in [-0.2, -0.15) is 0 Å². The fourth-order valence-electron chi connectivity index (χ4n) is 3.57. The Morgan fingerprint density at radius 3 is 2.33 bits per heavy atom. The minimum atomic E-state index is -0.282. The van der Waals surface area contributed by atoms with E-state index in [1.54, 1.807) is 0 Å². The predicted molar refractivity (Wildman–Crippen MR) is 109 cm³/mol. The Kier molecular flexibility index (Phi) is 6.35. The van der Waals surface area contributed by atoms with Gasteiger partial charge in [-0.3, -0.25) is 4.79 Å². The normalized spacial score (nSPS) is 16.7. The number of hydrogen-bond acceptors (Lipinski definition) is 4. The molecular formula is C22H29N3O2. The molecule has 2 N–H and O–H groups in total. The Hall–Kier alpha value is -2.53. The van der Waals surface area contributed by atoms with Crippen LogP contribution in [0.4, 0.5) is 5.69 Å². The topological polar surface area (TPSA) is 58.8 Å². The molecular weight excluding hydrogens is 338 g/mol. The number of ether oxygens (including phenoxy) is 1. The summed E-state index contributed by atoms with van der Waals surface area (Å²) in [6.07, 6.45) is 0. The van der Waals surface area contributed by atoms with Crippen LogP contribution in [0.15, 0.2) is 54.6 Å². The molecule has 2 atom stereocenters. The van der Waals surface area contributed by atoms with Crippen LogP contribution in [0.3, 0.4) is 0 Å². The molecule has 0 bridgehead atoms. The number of carbonyl (C=O) groups excluding carboxylic acids is 1. The zero-order valence-electron chi connectivity index (χ0n) is 16.2. The van der Waals surface area contributed by atoms with E-state index in [9.17, 15) is 4.79 Å². The molecule has 2 aromatic carbocycles. The Bertz CT molecular complexity index is 742. The molecule has 0 aliphatic carbocycles. The van der Waals surface area contributed by atoms with Crippen LogP contribution in [0.5, 0.6) is 5.75 Å². The molecule has 1 saturated heterocycles. The summed E-state index contributed by atoms with van der Waals surface area (Å²) in [6, 6.07) is 17.7. The van der Waals surface area contributed by atoms with Crippen molar-refractivity contribution < 1.29 is 9.53 Å². The van der Waals surface area contributed by atoms with Crippen molar-refractivity contribution in [3.63, 3.8) is 0 Å². The van der Waals surface area contributed by atoms with Gasteiger partial charge in [-0.1, -0.05) is 49.4 Å². The van der Waals surface area contributed by atoms with Crippen molar-refractivity contribution >= 4 is 11.6 Å². The largest absolute Gasteiger partial charge is 0.492 e. The molecule has 5 heteroatoms. The molecule has 27 heavy (non-hydrogen) atoms. The van der Waals surface area contributed by atoms with E-state index in [1.165, 1.54) is 0 Å². The zero-order valence-corrected chi connectivity index (χ0v) is 16.2. The van der Waals surface area contributed by atoms with Gasteiger partial charge in [-0.15, -0.1) is 0 Å². The highest BCUT2D eigenvalue weighted by Gasteiger charge is 2.29. The minimum absolute atomic E-state index is 0.129. The SMILES string of the molecule is CCOc1ccccc1N1CCN(C(=O)C(C)C(N)c2ccccc2)CC1. The Balaban J connectivity index is 1.61. The number of para-hydroxylation sites is 2. The highest BCUT2D eigenvalue weighted by atomic mass is 16.5. The third kappa shape index (κ3) is 4.42. The minimum Gasteiger partial charge on any atom is -0.492 e. The first-order valence-corrected chi connectivity index (χ1v) is 9.68. The second-order valence-electron chi connectivity index (χ2n) is 6.94. The molecule has 1 aliphatic heterocycles. The molecule has 2 unspecified atom stereocenters. The van der Waals surface area contributed by atoms with Crippen LogP contribution in [-0.2, 0) is 4.79 Å². The maximum Gasteiger partial charge on any atom is 0.227 e. The number of amides is 1. The van der Waals surface area contributed by atoms with Gasteiger partial charge in [-0.05, 0) is 24.6 Å². The van der Waals surface area contributed by atoms with Crippen LogP contribution in [0.1, 0.15) is 25.5 Å². The molecule has 1 amide bonds. The Labute approximate surface area is 161 Å². The summed E-state index contributed by atoms with van der Waals surface area (Å²) >= 11 is 0. The van der Waals surface area contributed by atoms with Crippen LogP contribution < -0.4 is 15.4 Å². The summed E-state index contributed by atoms with van der Waals surface area (Å²) in [5.41, 5.74) is 8.44. The molecule has 1 heterocycles. The standard InChI is InChI=1S/C22H29N3O2/c1-3-27-20-12-8-7-11-19(20)24-13-15-25(16-14-24)22(26)17(2)21(23)18-9-5-4-6-10-18/h4-12,17,21H,3,13-16,23H2,1-2H3. The highest BCUT2D eigenvalue weighted by Crippen LogP contribution is 2.29. The molecule has 5 nitrogen and oxygen atoms in total. The van der Waals surface area contributed by atoms with Gasteiger partial charge in [0.25, 0.3) is 0 Å². The monoisotopic (exact) mass is 367 g/mol. The van der Waals surface area contributed by atoms with Crippen molar-refractivity contribution in [1.82, 2.24) is 4.90 Å². The summed E-state index contributed by atoms with van der Waals surface area (Å²) in [7, 11) is 0. The van der Waals surface area contributed by atoms with Gasteiger partial charge in [0, 0.05) is 32.2 Å². The third-order valence-corrected chi connectivity index (χ3v) is 5.21. The van der Waals surface area contributed by atoms with Gasteiger partial charge in [0.2, 0.25) is 5.91 Å². The lowest BCUT2D eigenvalue weighted by atomic mass is 9.94. The molecule has 0 aromatic heterocycles. The van der Waals surface area contributed by atoms with E-state index in [0.717, 1.165) is 30.1 Å². The van der Waals surface area contributed by atoms with Crippen LogP contribution in [0.25, 0.3) is 0 Å². The van der Waals surface area contributed by atoms with E-state index in [2.05, 4.69) is 11.0 Å². The van der Waals surface area contributed by atoms with Crippen molar-refractivity contribution in [2.45, 2.75) is 19.9 Å². The van der Waals surface area contributed by atoms with E-state index >= 15 is 0 Å². The first-order valence-electron chi connectivity index (χ1n) is 9.68. The van der Waals surface area contributed by atoms with E-state index in [-0.39, 0.29) is 17.9 Å². The number of carbonyl (C=O) groups is 1. The first kappa shape index (κ1) is 19.2. The third-order valence-electron chi connectivity index (χ3n) is 5.21. The lowest BCUT2D eigenvalue weighted by Gasteiger charge is -2.38. The molecule has 0 saturated carbocycles. The van der Waals surface area contributed by atoms with E-state index in [1.807, 2.05) is 67.3 Å². The second-order valence-corrected chi connectivity index (χ2v) is 6.94. The second kappa shape index (κ2) is 8.91. The molecule has 0 spiro atoms. The van der Waals surface area contributed by atoms with Crippen molar-refractivity contribution in [2.24, 2.45) is 11.7 Å². The van der Waals surface area contributed by atoms with Crippen LogP contribution in [0.2, 0.25) is 0 Å². The van der Waals surface area contributed by atoms with E-state index in [0.29, 0.717) is 19.7 Å². The van der Waals surface area contributed by atoms with Gasteiger partial charge >= 0.3 is 0 Å². The van der Waals surface area contributed by atoms with E-state index < -0.39 is 0 Å². The number of nitrogens with zero attached hydrogens (tertiary/aromatic N) is 2. The molecule has 2 aromatic rings. The summed E-state index contributed by atoms with van der Waals surface area (Å²) in [6.45, 7) is 7.55. The predicted octanol–water partition coefficient (Wildman–Crippen LogP) is 3.07. The average Bonchev–Trinajstić information content (AvgIpc) is 2.73. The van der Waals surface area contributed by atoms with E-state index in [4.69, 9.17) is 10.5 Å². The molecule has 1 aliphatic rings. The van der Waals surface area contributed by atoms with Crippen LogP contribution in [0, 0.1) is 5.92 Å². The van der Waals surface area contributed by atoms with Crippen molar-refractivity contribution in [2.75, 3.05) is 37.7 Å². The summed E-state index contributed by atoms with van der Waals surface area (Å²) in [4.78, 5) is 17.2. The number of rotatable bonds is 6. The van der Waals surface area contributed by atoms with Gasteiger partial charge in [0.1, 0.15) is 5.75 Å². The highest BCUT2D eigenvalue weighted by molar-refractivity contribution is 5.80. The smallest absolute Gasteiger partial charge is 0.227 e. The number of nitrogens with two attached hydrogens (primary N) is 1. The summed E-state index contributed by atoms with van der Waals surface area (Å²) < 4.78 is 5.74. The fourth-order valence-corrected chi connectivity index (χ4v) is 3.57. The maximum atomic E-state index is 12.9. The summed E-state index contributed by atoms with van der Waals surface area (Å²) in [5, 5.41) is 0. The average molecular weight is 367 g/mol. The van der Waals surface area contributed by atoms with Gasteiger partial charge in [-0.25, -0.2) is 0 Å². The lowest BCUT2D eigenvalue weighted by Crippen LogP contribution is -2.51. The lowest BCUT2D eigenvalue weighted by molar-refractivity contribution is -0.136. The molecule has 144 valence electrons. The summed E-state index contributed by atoms with van der Waals surface area (Å²) in [5.74, 6) is 0.790. The molecule has 3 rings (SSSR count). The van der Waals surface area contributed by atoms with Gasteiger partial charge < -0.3 is 20.3 Å². The number of hydrogen-bond donors (Lipinski definition) is 1.